The van der Waals surface area contributed by atoms with Crippen molar-refractivity contribution in [3.05, 3.63) is 88.8 Å². The number of hydrogen-bond donors (Lipinski definition) is 2. The van der Waals surface area contributed by atoms with E-state index in [-0.39, 0.29) is 12.4 Å². The van der Waals surface area contributed by atoms with Crippen LogP contribution in [0.5, 0.6) is 5.75 Å². The molecule has 1 amide bonds. The van der Waals surface area contributed by atoms with Crippen molar-refractivity contribution in [2.45, 2.75) is 11.8 Å². The number of amides is 1. The smallest absolute Gasteiger partial charge is 0.344 e. The van der Waals surface area contributed by atoms with E-state index in [1.165, 1.54) is 11.8 Å². The molecular formula is C25H21NO6S. The van der Waals surface area contributed by atoms with Crippen LogP contribution in [0.3, 0.4) is 0 Å². The van der Waals surface area contributed by atoms with Crippen molar-refractivity contribution in [2.75, 3.05) is 12.4 Å². The zero-order chi connectivity index (χ0) is 23.2. The van der Waals surface area contributed by atoms with Crippen LogP contribution >= 0.6 is 11.8 Å². The largest absolute Gasteiger partial charge is 0.484 e. The minimum absolute atomic E-state index is 0.226. The fourth-order valence-electron chi connectivity index (χ4n) is 3.38. The number of carboxylic acids is 1. The molecule has 1 heterocycles. The quantitative estimate of drug-likeness (QED) is 0.287. The molecule has 3 aromatic carbocycles. The van der Waals surface area contributed by atoms with E-state index in [9.17, 15) is 19.5 Å². The highest BCUT2D eigenvalue weighted by Gasteiger charge is 2.20. The predicted octanol–water partition coefficient (Wildman–Crippen LogP) is 3.83. The van der Waals surface area contributed by atoms with E-state index in [4.69, 9.17) is 9.15 Å². The molecule has 1 atom stereocenters. The number of aliphatic carboxylic acids is 1. The number of benzene rings is 3. The Kier molecular flexibility index (Phi) is 6.95. The average molecular weight is 464 g/mol. The van der Waals surface area contributed by atoms with E-state index < -0.39 is 23.5 Å². The van der Waals surface area contributed by atoms with Crippen LogP contribution in [0.4, 0.5) is 0 Å². The number of fused-ring (bicyclic) bond motifs is 3. The van der Waals surface area contributed by atoms with Gasteiger partial charge in [0, 0.05) is 23.0 Å². The number of nitrogens with one attached hydrogen (secondary N) is 1. The van der Waals surface area contributed by atoms with E-state index in [1.54, 1.807) is 30.3 Å². The van der Waals surface area contributed by atoms with Gasteiger partial charge in [-0.25, -0.2) is 9.59 Å². The molecular weight excluding hydrogens is 442 g/mol. The Morgan fingerprint density at radius 2 is 1.70 bits per heavy atom. The first-order chi connectivity index (χ1) is 16.0. The lowest BCUT2D eigenvalue weighted by Gasteiger charge is -2.15. The maximum absolute atomic E-state index is 12.3. The molecule has 0 spiro atoms. The molecule has 0 saturated carbocycles. The number of hydrogen-bond acceptors (Lipinski definition) is 6. The lowest BCUT2D eigenvalue weighted by molar-refractivity contribution is -0.141. The third kappa shape index (κ3) is 5.53. The Labute approximate surface area is 193 Å². The van der Waals surface area contributed by atoms with Gasteiger partial charge < -0.3 is 19.6 Å². The Balaban J connectivity index is 1.36. The highest BCUT2D eigenvalue weighted by Crippen LogP contribution is 2.26. The molecule has 1 unspecified atom stereocenters. The van der Waals surface area contributed by atoms with Crippen LogP contribution in [0.1, 0.15) is 5.56 Å². The summed E-state index contributed by atoms with van der Waals surface area (Å²) in [6.07, 6.45) is 0. The van der Waals surface area contributed by atoms with Crippen LogP contribution in [-0.2, 0) is 15.3 Å². The predicted molar refractivity (Wildman–Crippen MR) is 128 cm³/mol. The Bertz CT molecular complexity index is 1350. The van der Waals surface area contributed by atoms with Gasteiger partial charge in [0.05, 0.1) is 5.39 Å². The van der Waals surface area contributed by atoms with E-state index in [0.717, 1.165) is 16.3 Å². The van der Waals surface area contributed by atoms with E-state index >= 15 is 0 Å². The molecule has 0 fully saturated rings. The molecule has 4 aromatic rings. The van der Waals surface area contributed by atoms with Gasteiger partial charge in [0.2, 0.25) is 0 Å². The number of carbonyl (C=O) groups is 2. The van der Waals surface area contributed by atoms with Crippen molar-refractivity contribution < 1.29 is 23.8 Å². The number of carboxylic acid groups (broad SMARTS) is 1. The maximum Gasteiger partial charge on any atom is 0.344 e. The summed E-state index contributed by atoms with van der Waals surface area (Å²) < 4.78 is 10.9. The summed E-state index contributed by atoms with van der Waals surface area (Å²) in [5.41, 5.74) is 0.972. The summed E-state index contributed by atoms with van der Waals surface area (Å²) in [5.74, 6) is -0.453. The van der Waals surface area contributed by atoms with Gasteiger partial charge >= 0.3 is 11.6 Å². The zero-order valence-corrected chi connectivity index (χ0v) is 18.3. The summed E-state index contributed by atoms with van der Waals surface area (Å²) >= 11 is 1.42. The van der Waals surface area contributed by atoms with Crippen LogP contribution < -0.4 is 15.7 Å². The van der Waals surface area contributed by atoms with Gasteiger partial charge in [-0.15, -0.1) is 0 Å². The first-order valence-electron chi connectivity index (χ1n) is 10.2. The fourth-order valence-corrected chi connectivity index (χ4v) is 4.39. The minimum atomic E-state index is -1.11. The molecule has 0 aliphatic heterocycles. The molecule has 8 heteroatoms. The zero-order valence-electron chi connectivity index (χ0n) is 17.5. The molecule has 1 aromatic heterocycles. The number of thioether (sulfide) groups is 1. The molecule has 0 saturated heterocycles. The summed E-state index contributed by atoms with van der Waals surface area (Å²) in [6, 6.07) is 20.8. The third-order valence-electron chi connectivity index (χ3n) is 4.99. The van der Waals surface area contributed by atoms with Gasteiger partial charge in [-0.2, -0.15) is 11.8 Å². The molecule has 0 bridgehead atoms. The summed E-state index contributed by atoms with van der Waals surface area (Å²) in [5, 5.41) is 13.9. The monoisotopic (exact) mass is 463 g/mol. The first-order valence-corrected chi connectivity index (χ1v) is 11.4. The number of ether oxygens (including phenoxy) is 1. The lowest BCUT2D eigenvalue weighted by atomic mass is 10.1. The highest BCUT2D eigenvalue weighted by molar-refractivity contribution is 7.98. The average Bonchev–Trinajstić information content (AvgIpc) is 2.82. The van der Waals surface area contributed by atoms with Gasteiger partial charge in [0.25, 0.3) is 5.91 Å². The first kappa shape index (κ1) is 22.4. The molecule has 4 rings (SSSR count). The number of rotatable bonds is 9. The van der Waals surface area contributed by atoms with Crippen LogP contribution in [0.2, 0.25) is 0 Å². The van der Waals surface area contributed by atoms with Crippen molar-refractivity contribution in [2.24, 2.45) is 0 Å². The third-order valence-corrected chi connectivity index (χ3v) is 6.10. The molecule has 0 aliphatic carbocycles. The van der Waals surface area contributed by atoms with Crippen LogP contribution in [0, 0.1) is 0 Å². The highest BCUT2D eigenvalue weighted by atomic mass is 32.2. The van der Waals surface area contributed by atoms with E-state index in [2.05, 4.69) is 5.32 Å². The van der Waals surface area contributed by atoms with Gasteiger partial charge in [0.1, 0.15) is 17.4 Å². The molecule has 7 nitrogen and oxygen atoms in total. The lowest BCUT2D eigenvalue weighted by Crippen LogP contribution is -2.44. The standard InChI is InChI=1S/C25H21NO6S/c27-23(26-21(24(28)29)15-33-14-16-6-2-1-3-7-16)13-31-17-10-11-19-18-8-4-5-9-20(18)25(30)32-22(19)12-17/h1-12,21H,13-15H2,(H,26,27)(H,28,29). The molecule has 0 aliphatic rings. The second kappa shape index (κ2) is 10.2. The maximum atomic E-state index is 12.3. The SMILES string of the molecule is O=C(COc1ccc2c(c1)oc(=O)c1ccccc12)NC(CSCc1ccccc1)C(=O)O. The van der Waals surface area contributed by atoms with Gasteiger partial charge in [0.15, 0.2) is 6.61 Å². The summed E-state index contributed by atoms with van der Waals surface area (Å²) in [6.45, 7) is -0.365. The van der Waals surface area contributed by atoms with Gasteiger partial charge in [-0.05, 0) is 29.1 Å². The van der Waals surface area contributed by atoms with Crippen molar-refractivity contribution >= 4 is 45.4 Å². The summed E-state index contributed by atoms with van der Waals surface area (Å²) in [4.78, 5) is 36.0. The second-order valence-corrected chi connectivity index (χ2v) is 8.37. The van der Waals surface area contributed by atoms with Gasteiger partial charge in [-0.3, -0.25) is 4.79 Å². The molecule has 33 heavy (non-hydrogen) atoms. The Hall–Kier alpha value is -3.78. The Morgan fingerprint density at radius 1 is 0.970 bits per heavy atom. The normalized spacial score (nSPS) is 11.9. The number of carbonyl (C=O) groups excluding carboxylic acids is 1. The van der Waals surface area contributed by atoms with Crippen LogP contribution in [0.15, 0.2) is 82.0 Å². The van der Waals surface area contributed by atoms with Crippen molar-refractivity contribution in [3.63, 3.8) is 0 Å². The van der Waals surface area contributed by atoms with Crippen LogP contribution in [0.25, 0.3) is 21.7 Å². The van der Waals surface area contributed by atoms with Crippen LogP contribution in [-0.4, -0.2) is 35.4 Å². The van der Waals surface area contributed by atoms with E-state index in [1.807, 2.05) is 42.5 Å². The van der Waals surface area contributed by atoms with E-state index in [0.29, 0.717) is 22.5 Å². The molecule has 168 valence electrons. The topological polar surface area (TPSA) is 106 Å². The van der Waals surface area contributed by atoms with Crippen molar-refractivity contribution in [1.82, 2.24) is 5.32 Å². The molecule has 0 radical (unpaired) electrons. The van der Waals surface area contributed by atoms with Crippen molar-refractivity contribution in [1.29, 1.82) is 0 Å². The molecule has 2 N–H and O–H groups in total. The van der Waals surface area contributed by atoms with Gasteiger partial charge in [-0.1, -0.05) is 48.5 Å². The minimum Gasteiger partial charge on any atom is -0.484 e. The summed E-state index contributed by atoms with van der Waals surface area (Å²) in [7, 11) is 0. The Morgan fingerprint density at radius 3 is 2.45 bits per heavy atom. The van der Waals surface area contributed by atoms with Crippen molar-refractivity contribution in [3.8, 4) is 5.75 Å². The fraction of sp³-hybridized carbons (Fsp3) is 0.160. The second-order valence-electron chi connectivity index (χ2n) is 7.34.